The maximum absolute atomic E-state index is 11.4. The molecule has 0 unspecified atom stereocenters. The van der Waals surface area contributed by atoms with Gasteiger partial charge in [0.1, 0.15) is 0 Å². The molecule has 0 heterocycles. The van der Waals surface area contributed by atoms with Crippen LogP contribution in [0, 0.1) is 0 Å². The van der Waals surface area contributed by atoms with Crippen LogP contribution >= 0.6 is 0 Å². The lowest BCUT2D eigenvalue weighted by atomic mass is 10.2. The highest BCUT2D eigenvalue weighted by atomic mass is 32.2. The number of rotatable bonds is 4. The van der Waals surface area contributed by atoms with E-state index in [1.54, 1.807) is 24.3 Å². The summed E-state index contributed by atoms with van der Waals surface area (Å²) in [7, 11) is -3.40. The molecule has 0 saturated heterocycles. The van der Waals surface area contributed by atoms with Crippen LogP contribution < -0.4 is 4.72 Å². The van der Waals surface area contributed by atoms with Crippen molar-refractivity contribution in [2.75, 3.05) is 0 Å². The lowest BCUT2D eigenvalue weighted by Crippen LogP contribution is -2.17. The van der Waals surface area contributed by atoms with Gasteiger partial charge in [-0.15, -0.1) is 0 Å². The third-order valence-electron chi connectivity index (χ3n) is 1.88. The molecule has 0 atom stereocenters. The Morgan fingerprint density at radius 1 is 1.36 bits per heavy atom. The molecule has 0 spiro atoms. The molecule has 1 rings (SSSR count). The Balaban J connectivity index is 3.03. The molecule has 76 valence electrons. The summed E-state index contributed by atoms with van der Waals surface area (Å²) in [6, 6.07) is 6.78. The van der Waals surface area contributed by atoms with Crippen molar-refractivity contribution in [1.29, 1.82) is 0 Å². The average molecular weight is 211 g/mol. The van der Waals surface area contributed by atoms with Gasteiger partial charge in [-0.3, -0.25) is 4.72 Å². The second kappa shape index (κ2) is 4.28. The first-order valence-corrected chi connectivity index (χ1v) is 5.80. The fourth-order valence-electron chi connectivity index (χ4n) is 1.08. The molecular formula is C10H13NO2S. The van der Waals surface area contributed by atoms with Crippen molar-refractivity contribution in [1.82, 2.24) is 4.72 Å². The lowest BCUT2D eigenvalue weighted by Gasteiger charge is -2.03. The number of sulfonamides is 1. The van der Waals surface area contributed by atoms with Gasteiger partial charge < -0.3 is 0 Å². The van der Waals surface area contributed by atoms with Gasteiger partial charge in [-0.05, 0) is 24.1 Å². The minimum atomic E-state index is -3.40. The van der Waals surface area contributed by atoms with Crippen LogP contribution in [0.15, 0.2) is 41.9 Å². The Morgan fingerprint density at radius 2 is 1.93 bits per heavy atom. The van der Waals surface area contributed by atoms with Gasteiger partial charge in [-0.25, -0.2) is 8.42 Å². The molecule has 0 bridgehead atoms. The molecule has 1 aromatic rings. The van der Waals surface area contributed by atoms with Crippen molar-refractivity contribution in [3.63, 3.8) is 0 Å². The normalized spacial score (nSPS) is 10.9. The van der Waals surface area contributed by atoms with E-state index in [-0.39, 0.29) is 4.90 Å². The minimum Gasteiger partial charge on any atom is -0.287 e. The number of hydrogen-bond acceptors (Lipinski definition) is 2. The zero-order valence-corrected chi connectivity index (χ0v) is 8.84. The van der Waals surface area contributed by atoms with Gasteiger partial charge in [-0.2, -0.15) is 0 Å². The van der Waals surface area contributed by atoms with E-state index < -0.39 is 10.0 Å². The largest absolute Gasteiger partial charge is 0.287 e. The number of aryl methyl sites for hydroxylation is 1. The monoisotopic (exact) mass is 211 g/mol. The number of nitrogens with one attached hydrogen (secondary N) is 1. The molecule has 0 amide bonds. The molecule has 4 heteroatoms. The highest BCUT2D eigenvalue weighted by Gasteiger charge is 2.10. The smallest absolute Gasteiger partial charge is 0.261 e. The Morgan fingerprint density at radius 3 is 2.36 bits per heavy atom. The summed E-state index contributed by atoms with van der Waals surface area (Å²) in [5.74, 6) is 0. The van der Waals surface area contributed by atoms with Crippen LogP contribution in [0.5, 0.6) is 0 Å². The molecule has 0 fully saturated rings. The molecule has 1 aromatic carbocycles. The van der Waals surface area contributed by atoms with Crippen molar-refractivity contribution in [3.05, 3.63) is 42.6 Å². The summed E-state index contributed by atoms with van der Waals surface area (Å²) in [6.07, 6.45) is 2.05. The van der Waals surface area contributed by atoms with E-state index in [0.717, 1.165) is 18.2 Å². The Hall–Kier alpha value is -1.29. The molecule has 1 N–H and O–H groups in total. The predicted molar refractivity (Wildman–Crippen MR) is 56.3 cm³/mol. The summed E-state index contributed by atoms with van der Waals surface area (Å²) in [5.41, 5.74) is 1.11. The standard InChI is InChI=1S/C10H13NO2S/c1-3-9-5-7-10(8-6-9)14(12,13)11-4-2/h4-8,11H,2-3H2,1H3. The Kier molecular flexibility index (Phi) is 3.30. The lowest BCUT2D eigenvalue weighted by molar-refractivity contribution is 0.590. The van der Waals surface area contributed by atoms with Gasteiger partial charge in [-0.1, -0.05) is 25.6 Å². The number of hydrogen-bond donors (Lipinski definition) is 1. The highest BCUT2D eigenvalue weighted by Crippen LogP contribution is 2.10. The van der Waals surface area contributed by atoms with Crippen molar-refractivity contribution in [2.45, 2.75) is 18.2 Å². The van der Waals surface area contributed by atoms with Crippen LogP contribution in [-0.2, 0) is 16.4 Å². The minimum absolute atomic E-state index is 0.259. The SMILES string of the molecule is C=CNS(=O)(=O)c1ccc(CC)cc1. The molecule has 3 nitrogen and oxygen atoms in total. The van der Waals surface area contributed by atoms with E-state index >= 15 is 0 Å². The molecule has 0 radical (unpaired) electrons. The Bertz CT molecular complexity index is 406. The van der Waals surface area contributed by atoms with E-state index in [4.69, 9.17) is 0 Å². The first-order chi connectivity index (χ1) is 6.60. The van der Waals surface area contributed by atoms with E-state index in [9.17, 15) is 8.42 Å². The van der Waals surface area contributed by atoms with Crippen molar-refractivity contribution in [3.8, 4) is 0 Å². The van der Waals surface area contributed by atoms with Gasteiger partial charge >= 0.3 is 0 Å². The van der Waals surface area contributed by atoms with Crippen molar-refractivity contribution < 1.29 is 8.42 Å². The topological polar surface area (TPSA) is 46.2 Å². The third kappa shape index (κ3) is 2.35. The zero-order valence-electron chi connectivity index (χ0n) is 8.03. The maximum Gasteiger partial charge on any atom is 0.261 e. The fraction of sp³-hybridized carbons (Fsp3) is 0.200. The summed E-state index contributed by atoms with van der Waals surface area (Å²) >= 11 is 0. The van der Waals surface area contributed by atoms with Gasteiger partial charge in [0, 0.05) is 6.20 Å². The molecular weight excluding hydrogens is 198 g/mol. The molecule has 0 aromatic heterocycles. The van der Waals surface area contributed by atoms with E-state index in [1.165, 1.54) is 0 Å². The van der Waals surface area contributed by atoms with Crippen LogP contribution in [0.4, 0.5) is 0 Å². The predicted octanol–water partition coefficient (Wildman–Crippen LogP) is 1.67. The first kappa shape index (κ1) is 10.8. The molecule has 0 saturated carbocycles. The van der Waals surface area contributed by atoms with E-state index in [0.29, 0.717) is 0 Å². The molecule has 0 aliphatic rings. The van der Waals surface area contributed by atoms with Gasteiger partial charge in [0.05, 0.1) is 4.90 Å². The van der Waals surface area contributed by atoms with Gasteiger partial charge in [0.2, 0.25) is 0 Å². The molecule has 0 aliphatic heterocycles. The van der Waals surface area contributed by atoms with Crippen molar-refractivity contribution in [2.24, 2.45) is 0 Å². The van der Waals surface area contributed by atoms with Gasteiger partial charge in [0.15, 0.2) is 0 Å². The quantitative estimate of drug-likeness (QED) is 0.823. The van der Waals surface area contributed by atoms with Gasteiger partial charge in [0.25, 0.3) is 10.0 Å². The zero-order chi connectivity index (χ0) is 10.6. The summed E-state index contributed by atoms with van der Waals surface area (Å²) in [5, 5.41) is 0. The average Bonchev–Trinajstić information content (AvgIpc) is 2.18. The second-order valence-corrected chi connectivity index (χ2v) is 4.54. The fourth-order valence-corrected chi connectivity index (χ4v) is 1.93. The summed E-state index contributed by atoms with van der Waals surface area (Å²) < 4.78 is 25.1. The van der Waals surface area contributed by atoms with Crippen LogP contribution in [0.3, 0.4) is 0 Å². The summed E-state index contributed by atoms with van der Waals surface area (Å²) in [4.78, 5) is 0.259. The highest BCUT2D eigenvalue weighted by molar-refractivity contribution is 7.89. The van der Waals surface area contributed by atoms with Crippen LogP contribution in [-0.4, -0.2) is 8.42 Å². The Labute approximate surface area is 84.5 Å². The summed E-state index contributed by atoms with van der Waals surface area (Å²) in [6.45, 7) is 5.33. The third-order valence-corrected chi connectivity index (χ3v) is 3.25. The van der Waals surface area contributed by atoms with Crippen LogP contribution in [0.1, 0.15) is 12.5 Å². The first-order valence-electron chi connectivity index (χ1n) is 4.32. The van der Waals surface area contributed by atoms with E-state index in [2.05, 4.69) is 11.3 Å². The molecule has 14 heavy (non-hydrogen) atoms. The maximum atomic E-state index is 11.4. The molecule has 0 aliphatic carbocycles. The van der Waals surface area contributed by atoms with E-state index in [1.807, 2.05) is 6.92 Å². The second-order valence-electron chi connectivity index (χ2n) is 2.82. The van der Waals surface area contributed by atoms with Crippen molar-refractivity contribution >= 4 is 10.0 Å². The van der Waals surface area contributed by atoms with Crippen LogP contribution in [0.25, 0.3) is 0 Å². The number of benzene rings is 1. The van der Waals surface area contributed by atoms with Crippen LogP contribution in [0.2, 0.25) is 0 Å².